The van der Waals surface area contributed by atoms with Crippen LogP contribution >= 0.6 is 15.9 Å². The number of rotatable bonds is 8. The van der Waals surface area contributed by atoms with E-state index in [1.165, 1.54) is 0 Å². The lowest BCUT2D eigenvalue weighted by atomic mass is 9.86. The molecule has 122 valence electrons. The fourth-order valence-corrected chi connectivity index (χ4v) is 2.83. The van der Waals surface area contributed by atoms with Crippen molar-refractivity contribution in [3.05, 3.63) is 84.4 Å². The quantitative estimate of drug-likeness (QED) is 0.355. The Kier molecular flexibility index (Phi) is 6.58. The van der Waals surface area contributed by atoms with Gasteiger partial charge in [0, 0.05) is 6.61 Å². The fraction of sp³-hybridized carbons (Fsp3) is 0.300. The van der Waals surface area contributed by atoms with Crippen LogP contribution in [0.25, 0.3) is 0 Å². The van der Waals surface area contributed by atoms with E-state index in [-0.39, 0.29) is 4.83 Å². The van der Waals surface area contributed by atoms with Gasteiger partial charge in [0.1, 0.15) is 5.60 Å². The highest BCUT2D eigenvalue weighted by Crippen LogP contribution is 2.37. The Bertz CT molecular complexity index is 556. The fourth-order valence-electron chi connectivity index (χ4n) is 2.57. The van der Waals surface area contributed by atoms with Gasteiger partial charge < -0.3 is 9.47 Å². The first-order valence-corrected chi connectivity index (χ1v) is 8.73. The molecule has 2 aromatic rings. The van der Waals surface area contributed by atoms with Crippen LogP contribution < -0.4 is 0 Å². The molecule has 0 aliphatic carbocycles. The average Bonchev–Trinajstić information content (AvgIpc) is 2.60. The van der Waals surface area contributed by atoms with Crippen LogP contribution in [0.2, 0.25) is 0 Å². The first kappa shape index (κ1) is 17.9. The first-order valence-electron chi connectivity index (χ1n) is 7.82. The first-order chi connectivity index (χ1) is 11.1. The van der Waals surface area contributed by atoms with Crippen molar-refractivity contribution in [2.75, 3.05) is 6.61 Å². The van der Waals surface area contributed by atoms with Crippen LogP contribution in [-0.4, -0.2) is 17.7 Å². The van der Waals surface area contributed by atoms with Gasteiger partial charge in [0.25, 0.3) is 0 Å². The molecule has 0 saturated carbocycles. The van der Waals surface area contributed by atoms with Gasteiger partial charge in [-0.1, -0.05) is 89.2 Å². The predicted octanol–water partition coefficient (Wildman–Crippen LogP) is 5.28. The maximum Gasteiger partial charge on any atom is 0.171 e. The molecule has 0 bridgehead atoms. The molecule has 3 heteroatoms. The standard InChI is InChI=1S/C20H23BrO2/c1-4-20(17-12-8-6-9-13-17,18-14-10-7-11-15-18)23-19(16(3)21)22-5-2/h4,6-16,19H,1,5H2,2-3H3. The summed E-state index contributed by atoms with van der Waals surface area (Å²) in [4.78, 5) is 0.0502. The Balaban J connectivity index is 2.52. The maximum atomic E-state index is 6.47. The van der Waals surface area contributed by atoms with Crippen LogP contribution in [0, 0.1) is 0 Å². The Labute approximate surface area is 147 Å². The molecule has 0 saturated heterocycles. The Morgan fingerprint density at radius 2 is 1.52 bits per heavy atom. The number of hydrogen-bond acceptors (Lipinski definition) is 2. The molecule has 0 N–H and O–H groups in total. The van der Waals surface area contributed by atoms with Gasteiger partial charge in [0.15, 0.2) is 6.29 Å². The van der Waals surface area contributed by atoms with Crippen molar-refractivity contribution < 1.29 is 9.47 Å². The predicted molar refractivity (Wildman–Crippen MR) is 98.7 cm³/mol. The lowest BCUT2D eigenvalue weighted by Crippen LogP contribution is -2.38. The summed E-state index contributed by atoms with van der Waals surface area (Å²) in [5.41, 5.74) is 1.29. The molecule has 0 spiro atoms. The third-order valence-electron chi connectivity index (χ3n) is 3.70. The third kappa shape index (κ3) is 4.11. The van der Waals surface area contributed by atoms with Gasteiger partial charge >= 0.3 is 0 Å². The summed E-state index contributed by atoms with van der Waals surface area (Å²) in [6.45, 7) is 8.63. The van der Waals surface area contributed by atoms with Crippen LogP contribution in [0.1, 0.15) is 25.0 Å². The molecule has 2 rings (SSSR count). The molecule has 0 amide bonds. The molecule has 0 fully saturated rings. The van der Waals surface area contributed by atoms with Crippen LogP contribution in [0.4, 0.5) is 0 Å². The molecular weight excluding hydrogens is 352 g/mol. The third-order valence-corrected chi connectivity index (χ3v) is 4.13. The highest BCUT2D eigenvalue weighted by molar-refractivity contribution is 9.09. The van der Waals surface area contributed by atoms with E-state index < -0.39 is 11.9 Å². The number of alkyl halides is 1. The molecule has 0 radical (unpaired) electrons. The summed E-state index contributed by atoms with van der Waals surface area (Å²) in [5.74, 6) is 0. The number of ether oxygens (including phenoxy) is 2. The van der Waals surface area contributed by atoms with E-state index >= 15 is 0 Å². The summed E-state index contributed by atoms with van der Waals surface area (Å²) in [6.07, 6.45) is 1.46. The zero-order valence-corrected chi connectivity index (χ0v) is 15.2. The van der Waals surface area contributed by atoms with Crippen molar-refractivity contribution in [2.24, 2.45) is 0 Å². The lowest BCUT2D eigenvalue weighted by Gasteiger charge is -2.36. The second-order valence-corrected chi connectivity index (χ2v) is 6.74. The van der Waals surface area contributed by atoms with E-state index in [2.05, 4.69) is 46.8 Å². The van der Waals surface area contributed by atoms with E-state index in [0.29, 0.717) is 6.61 Å². The van der Waals surface area contributed by atoms with Gasteiger partial charge in [0.05, 0.1) is 4.83 Å². The zero-order chi connectivity index (χ0) is 16.7. The second kappa shape index (κ2) is 8.44. The van der Waals surface area contributed by atoms with Crippen molar-refractivity contribution in [3.63, 3.8) is 0 Å². The molecule has 0 aliphatic rings. The van der Waals surface area contributed by atoms with Gasteiger partial charge in [-0.2, -0.15) is 0 Å². The Morgan fingerprint density at radius 3 is 1.87 bits per heavy atom. The van der Waals surface area contributed by atoms with E-state index in [1.807, 2.05) is 56.3 Å². The topological polar surface area (TPSA) is 18.5 Å². The van der Waals surface area contributed by atoms with E-state index in [4.69, 9.17) is 9.47 Å². The average molecular weight is 375 g/mol. The van der Waals surface area contributed by atoms with E-state index in [0.717, 1.165) is 11.1 Å². The minimum Gasteiger partial charge on any atom is -0.352 e. The Hall–Kier alpha value is -1.42. The molecule has 0 aliphatic heterocycles. The Morgan fingerprint density at radius 1 is 1.04 bits per heavy atom. The molecule has 23 heavy (non-hydrogen) atoms. The van der Waals surface area contributed by atoms with Crippen LogP contribution in [0.3, 0.4) is 0 Å². The number of benzene rings is 2. The van der Waals surface area contributed by atoms with Crippen molar-refractivity contribution in [3.8, 4) is 0 Å². The van der Waals surface area contributed by atoms with Crippen molar-refractivity contribution >= 4 is 15.9 Å². The molecule has 2 atom stereocenters. The lowest BCUT2D eigenvalue weighted by molar-refractivity contribution is -0.182. The number of hydrogen-bond donors (Lipinski definition) is 0. The largest absolute Gasteiger partial charge is 0.352 e. The van der Waals surface area contributed by atoms with Crippen molar-refractivity contribution in [1.29, 1.82) is 0 Å². The smallest absolute Gasteiger partial charge is 0.171 e. The van der Waals surface area contributed by atoms with Crippen LogP contribution in [0.15, 0.2) is 73.3 Å². The highest BCUT2D eigenvalue weighted by atomic mass is 79.9. The normalized spacial score (nSPS) is 14.2. The molecule has 2 aromatic carbocycles. The second-order valence-electron chi connectivity index (χ2n) is 5.29. The summed E-state index contributed by atoms with van der Waals surface area (Å²) in [6, 6.07) is 20.2. The molecule has 2 unspecified atom stereocenters. The van der Waals surface area contributed by atoms with Crippen molar-refractivity contribution in [2.45, 2.75) is 30.6 Å². The van der Waals surface area contributed by atoms with E-state index in [1.54, 1.807) is 0 Å². The maximum absolute atomic E-state index is 6.47. The zero-order valence-electron chi connectivity index (χ0n) is 13.6. The van der Waals surface area contributed by atoms with Gasteiger partial charge in [-0.05, 0) is 25.0 Å². The van der Waals surface area contributed by atoms with Gasteiger partial charge in [-0.25, -0.2) is 0 Å². The molecule has 0 aromatic heterocycles. The van der Waals surface area contributed by atoms with Gasteiger partial charge in [-0.3, -0.25) is 0 Å². The van der Waals surface area contributed by atoms with E-state index in [9.17, 15) is 0 Å². The van der Waals surface area contributed by atoms with Gasteiger partial charge in [-0.15, -0.1) is 0 Å². The van der Waals surface area contributed by atoms with Gasteiger partial charge in [0.2, 0.25) is 0 Å². The number of halogens is 1. The monoisotopic (exact) mass is 374 g/mol. The summed E-state index contributed by atoms with van der Waals surface area (Å²) < 4.78 is 12.3. The van der Waals surface area contributed by atoms with Crippen LogP contribution in [-0.2, 0) is 15.1 Å². The molecular formula is C20H23BrO2. The molecule has 2 nitrogen and oxygen atoms in total. The summed E-state index contributed by atoms with van der Waals surface area (Å²) in [7, 11) is 0. The minimum atomic E-state index is -0.760. The summed E-state index contributed by atoms with van der Waals surface area (Å²) >= 11 is 3.58. The molecule has 0 heterocycles. The SMILES string of the molecule is C=CC(OC(OCC)C(C)Br)(c1ccccc1)c1ccccc1. The minimum absolute atomic E-state index is 0.0502. The highest BCUT2D eigenvalue weighted by Gasteiger charge is 2.36. The summed E-state index contributed by atoms with van der Waals surface area (Å²) in [5, 5.41) is 0. The van der Waals surface area contributed by atoms with Crippen LogP contribution in [0.5, 0.6) is 0 Å². The van der Waals surface area contributed by atoms with Crippen molar-refractivity contribution in [1.82, 2.24) is 0 Å².